The highest BCUT2D eigenvalue weighted by atomic mass is 19.1. The van der Waals surface area contributed by atoms with Gasteiger partial charge in [0, 0.05) is 12.0 Å². The molecule has 1 fully saturated rings. The van der Waals surface area contributed by atoms with Crippen LogP contribution < -0.4 is 5.32 Å². The van der Waals surface area contributed by atoms with Crippen LogP contribution >= 0.6 is 0 Å². The molecule has 1 saturated carbocycles. The predicted octanol–water partition coefficient (Wildman–Crippen LogP) is 3.74. The highest BCUT2D eigenvalue weighted by molar-refractivity contribution is 5.30. The molecular formula is C16H24FN. The molecule has 0 unspecified atom stereocenters. The largest absolute Gasteiger partial charge is 0.316 e. The minimum Gasteiger partial charge on any atom is -0.316 e. The summed E-state index contributed by atoms with van der Waals surface area (Å²) in [5.41, 5.74) is 1.53. The molecule has 0 amide bonds. The molecule has 1 N–H and O–H groups in total. The monoisotopic (exact) mass is 249 g/mol. The fourth-order valence-corrected chi connectivity index (χ4v) is 3.07. The Bertz CT molecular complexity index is 377. The van der Waals surface area contributed by atoms with Crippen molar-refractivity contribution in [3.8, 4) is 0 Å². The number of nitrogens with one attached hydrogen (secondary N) is 1. The third kappa shape index (κ3) is 2.59. The van der Waals surface area contributed by atoms with Crippen LogP contribution in [0.25, 0.3) is 0 Å². The predicted molar refractivity (Wildman–Crippen MR) is 74.2 cm³/mol. The fourth-order valence-electron chi connectivity index (χ4n) is 3.07. The SMILES string of the molecule is CCNCC1(c2ccc(F)cc2)CC(C(C)C)C1. The van der Waals surface area contributed by atoms with Gasteiger partial charge in [-0.1, -0.05) is 32.9 Å². The van der Waals surface area contributed by atoms with Gasteiger partial charge in [-0.05, 0) is 48.9 Å². The zero-order chi connectivity index (χ0) is 13.2. The van der Waals surface area contributed by atoms with E-state index in [2.05, 4.69) is 26.1 Å². The van der Waals surface area contributed by atoms with Crippen molar-refractivity contribution < 1.29 is 4.39 Å². The van der Waals surface area contributed by atoms with Gasteiger partial charge in [-0.15, -0.1) is 0 Å². The van der Waals surface area contributed by atoms with E-state index in [1.807, 2.05) is 12.1 Å². The molecule has 1 aromatic rings. The normalized spacial score (nSPS) is 27.3. The van der Waals surface area contributed by atoms with Crippen LogP contribution in [0, 0.1) is 17.7 Å². The zero-order valence-corrected chi connectivity index (χ0v) is 11.7. The maximum atomic E-state index is 13.0. The first-order valence-corrected chi connectivity index (χ1v) is 7.04. The van der Waals surface area contributed by atoms with Crippen molar-refractivity contribution in [2.45, 2.75) is 39.0 Å². The van der Waals surface area contributed by atoms with Crippen molar-refractivity contribution in [3.05, 3.63) is 35.6 Å². The molecule has 0 aromatic heterocycles. The first-order valence-electron chi connectivity index (χ1n) is 7.04. The summed E-state index contributed by atoms with van der Waals surface area (Å²) in [5.74, 6) is 1.42. The number of rotatable bonds is 5. The van der Waals surface area contributed by atoms with Crippen molar-refractivity contribution in [2.24, 2.45) is 11.8 Å². The summed E-state index contributed by atoms with van der Waals surface area (Å²) in [4.78, 5) is 0. The van der Waals surface area contributed by atoms with Gasteiger partial charge in [-0.2, -0.15) is 0 Å². The summed E-state index contributed by atoms with van der Waals surface area (Å²) < 4.78 is 13.0. The van der Waals surface area contributed by atoms with Gasteiger partial charge < -0.3 is 5.32 Å². The first kappa shape index (κ1) is 13.5. The third-order valence-electron chi connectivity index (χ3n) is 4.42. The van der Waals surface area contributed by atoms with Gasteiger partial charge in [0.1, 0.15) is 5.82 Å². The summed E-state index contributed by atoms with van der Waals surface area (Å²) in [6.07, 6.45) is 2.45. The molecule has 0 aliphatic heterocycles. The summed E-state index contributed by atoms with van der Waals surface area (Å²) in [5, 5.41) is 3.47. The molecule has 0 atom stereocenters. The van der Waals surface area contributed by atoms with E-state index in [0.717, 1.165) is 24.9 Å². The maximum absolute atomic E-state index is 13.0. The second-order valence-corrected chi connectivity index (χ2v) is 5.98. The Morgan fingerprint density at radius 3 is 2.39 bits per heavy atom. The number of hydrogen-bond acceptors (Lipinski definition) is 1. The Balaban J connectivity index is 2.14. The van der Waals surface area contributed by atoms with Crippen LogP contribution in [0.2, 0.25) is 0 Å². The lowest BCUT2D eigenvalue weighted by Crippen LogP contribution is -2.50. The van der Waals surface area contributed by atoms with E-state index in [4.69, 9.17) is 0 Å². The van der Waals surface area contributed by atoms with E-state index in [-0.39, 0.29) is 11.2 Å². The molecule has 0 bridgehead atoms. The Morgan fingerprint density at radius 1 is 1.28 bits per heavy atom. The van der Waals surface area contributed by atoms with Gasteiger partial charge in [0.05, 0.1) is 0 Å². The van der Waals surface area contributed by atoms with E-state index in [1.165, 1.54) is 18.4 Å². The lowest BCUT2D eigenvalue weighted by Gasteiger charge is -2.50. The molecule has 0 heterocycles. The van der Waals surface area contributed by atoms with Crippen LogP contribution in [0.3, 0.4) is 0 Å². The molecule has 18 heavy (non-hydrogen) atoms. The standard InChI is InChI=1S/C16H24FN/c1-4-18-11-16(9-13(10-16)12(2)3)14-5-7-15(17)8-6-14/h5-8,12-13,18H,4,9-11H2,1-3H3. The molecule has 2 heteroatoms. The Kier molecular flexibility index (Phi) is 4.06. The average Bonchev–Trinajstić information content (AvgIpc) is 2.29. The Labute approximate surface area is 110 Å². The van der Waals surface area contributed by atoms with E-state index in [1.54, 1.807) is 12.1 Å². The van der Waals surface area contributed by atoms with Crippen molar-refractivity contribution in [3.63, 3.8) is 0 Å². The van der Waals surface area contributed by atoms with Crippen LogP contribution in [0.1, 0.15) is 39.2 Å². The van der Waals surface area contributed by atoms with Gasteiger partial charge in [-0.25, -0.2) is 4.39 Å². The maximum Gasteiger partial charge on any atom is 0.123 e. The van der Waals surface area contributed by atoms with Crippen LogP contribution in [0.4, 0.5) is 4.39 Å². The topological polar surface area (TPSA) is 12.0 Å². The summed E-state index contributed by atoms with van der Waals surface area (Å²) in [7, 11) is 0. The van der Waals surface area contributed by atoms with E-state index < -0.39 is 0 Å². The lowest BCUT2D eigenvalue weighted by molar-refractivity contribution is 0.0982. The van der Waals surface area contributed by atoms with Gasteiger partial charge in [0.25, 0.3) is 0 Å². The molecule has 1 aliphatic carbocycles. The van der Waals surface area contributed by atoms with Crippen molar-refractivity contribution in [1.29, 1.82) is 0 Å². The number of hydrogen-bond donors (Lipinski definition) is 1. The van der Waals surface area contributed by atoms with Gasteiger partial charge in [0.15, 0.2) is 0 Å². The molecule has 100 valence electrons. The van der Waals surface area contributed by atoms with E-state index in [9.17, 15) is 4.39 Å². The first-order chi connectivity index (χ1) is 8.57. The highest BCUT2D eigenvalue weighted by Crippen LogP contribution is 2.50. The molecule has 0 spiro atoms. The lowest BCUT2D eigenvalue weighted by atomic mass is 9.56. The van der Waals surface area contributed by atoms with Crippen LogP contribution in [0.15, 0.2) is 24.3 Å². The zero-order valence-electron chi connectivity index (χ0n) is 11.7. The van der Waals surface area contributed by atoms with Crippen LogP contribution in [0.5, 0.6) is 0 Å². The molecule has 2 rings (SSSR count). The molecule has 1 aromatic carbocycles. The van der Waals surface area contributed by atoms with E-state index >= 15 is 0 Å². The van der Waals surface area contributed by atoms with E-state index in [0.29, 0.717) is 0 Å². The highest BCUT2D eigenvalue weighted by Gasteiger charge is 2.45. The van der Waals surface area contributed by atoms with Crippen LogP contribution in [-0.4, -0.2) is 13.1 Å². The number of halogens is 1. The summed E-state index contributed by atoms with van der Waals surface area (Å²) in [6.45, 7) is 8.74. The Morgan fingerprint density at radius 2 is 1.89 bits per heavy atom. The van der Waals surface area contributed by atoms with Crippen molar-refractivity contribution >= 4 is 0 Å². The molecule has 0 radical (unpaired) electrons. The van der Waals surface area contributed by atoms with Crippen LogP contribution in [-0.2, 0) is 5.41 Å². The quantitative estimate of drug-likeness (QED) is 0.838. The minimum atomic E-state index is -0.142. The second kappa shape index (κ2) is 5.40. The van der Waals surface area contributed by atoms with Gasteiger partial charge in [0.2, 0.25) is 0 Å². The Hall–Kier alpha value is -0.890. The van der Waals surface area contributed by atoms with Crippen molar-refractivity contribution in [2.75, 3.05) is 13.1 Å². The average molecular weight is 249 g/mol. The summed E-state index contributed by atoms with van der Waals surface area (Å²) in [6, 6.07) is 7.10. The van der Waals surface area contributed by atoms with Gasteiger partial charge in [-0.3, -0.25) is 0 Å². The summed E-state index contributed by atoms with van der Waals surface area (Å²) >= 11 is 0. The van der Waals surface area contributed by atoms with Crippen molar-refractivity contribution in [1.82, 2.24) is 5.32 Å². The number of benzene rings is 1. The fraction of sp³-hybridized carbons (Fsp3) is 0.625. The molecule has 1 nitrogen and oxygen atoms in total. The number of likely N-dealkylation sites (N-methyl/N-ethyl adjacent to an activating group) is 1. The second-order valence-electron chi connectivity index (χ2n) is 5.98. The minimum absolute atomic E-state index is 0.142. The third-order valence-corrected chi connectivity index (χ3v) is 4.42. The smallest absolute Gasteiger partial charge is 0.123 e. The molecule has 1 aliphatic rings. The molecule has 0 saturated heterocycles. The molecular weight excluding hydrogens is 225 g/mol. The van der Waals surface area contributed by atoms with Gasteiger partial charge >= 0.3 is 0 Å².